The number of aliphatic hydroxyl groups is 1. The molecule has 1 saturated heterocycles. The van der Waals surface area contributed by atoms with Crippen molar-refractivity contribution in [2.24, 2.45) is 0 Å². The van der Waals surface area contributed by atoms with Crippen molar-refractivity contribution in [1.29, 1.82) is 0 Å². The molecule has 1 amide bonds. The Balaban J connectivity index is 1.43. The number of anilines is 1. The van der Waals surface area contributed by atoms with E-state index in [9.17, 15) is 9.90 Å². The molecule has 1 unspecified atom stereocenters. The zero-order chi connectivity index (χ0) is 22.9. The van der Waals surface area contributed by atoms with Crippen LogP contribution in [0.5, 0.6) is 0 Å². The maximum absolute atomic E-state index is 11.9. The van der Waals surface area contributed by atoms with Gasteiger partial charge in [0.25, 0.3) is 0 Å². The Labute approximate surface area is 197 Å². The first-order chi connectivity index (χ1) is 16.0. The highest BCUT2D eigenvalue weighted by molar-refractivity contribution is 6.34. The van der Waals surface area contributed by atoms with E-state index in [0.29, 0.717) is 37.2 Å². The standard InChI is InChI=1S/C25H26ClN5O2/c1-2-23(32)30-8-10-31(11-9-30)24-20-13-21(26)19(14-22(20)27-15-28-24)16-4-3-5-17(12-16)25(33)29-18-6-7-18/h2-5,12-15,18,25,29,33H,1,6-11H2. The van der Waals surface area contributed by atoms with Crippen molar-refractivity contribution in [3.8, 4) is 11.1 Å². The molecule has 2 heterocycles. The molecule has 0 spiro atoms. The predicted molar refractivity (Wildman–Crippen MR) is 130 cm³/mol. The number of hydrogen-bond donors (Lipinski definition) is 2. The topological polar surface area (TPSA) is 81.6 Å². The Kier molecular flexibility index (Phi) is 6.01. The maximum Gasteiger partial charge on any atom is 0.246 e. The molecule has 2 N–H and O–H groups in total. The van der Waals surface area contributed by atoms with Gasteiger partial charge in [0, 0.05) is 48.2 Å². The zero-order valence-electron chi connectivity index (χ0n) is 18.2. The van der Waals surface area contributed by atoms with Crippen molar-refractivity contribution in [3.63, 3.8) is 0 Å². The molecule has 5 rings (SSSR count). The Morgan fingerprint density at radius 1 is 1.18 bits per heavy atom. The number of aliphatic hydroxyl groups excluding tert-OH is 1. The van der Waals surface area contributed by atoms with Crippen LogP contribution in [-0.4, -0.2) is 58.1 Å². The van der Waals surface area contributed by atoms with Crippen molar-refractivity contribution >= 4 is 34.2 Å². The van der Waals surface area contributed by atoms with E-state index in [4.69, 9.17) is 11.6 Å². The quantitative estimate of drug-likeness (QED) is 0.430. The van der Waals surface area contributed by atoms with Gasteiger partial charge in [0.15, 0.2) is 0 Å². The number of piperazine rings is 1. The van der Waals surface area contributed by atoms with Gasteiger partial charge in [0.2, 0.25) is 5.91 Å². The fourth-order valence-corrected chi connectivity index (χ4v) is 4.52. The van der Waals surface area contributed by atoms with Crippen LogP contribution in [0.3, 0.4) is 0 Å². The van der Waals surface area contributed by atoms with Crippen LogP contribution in [0.15, 0.2) is 55.4 Å². The molecule has 8 heteroatoms. The minimum Gasteiger partial charge on any atom is -0.374 e. The van der Waals surface area contributed by atoms with Crippen LogP contribution in [0.25, 0.3) is 22.0 Å². The minimum absolute atomic E-state index is 0.0467. The number of fused-ring (bicyclic) bond motifs is 1. The molecule has 1 saturated carbocycles. The number of carbonyl (C=O) groups is 1. The zero-order valence-corrected chi connectivity index (χ0v) is 19.0. The van der Waals surface area contributed by atoms with E-state index in [1.807, 2.05) is 36.4 Å². The van der Waals surface area contributed by atoms with Crippen LogP contribution in [-0.2, 0) is 4.79 Å². The number of hydrogen-bond acceptors (Lipinski definition) is 6. The number of nitrogens with one attached hydrogen (secondary N) is 1. The average Bonchev–Trinajstić information content (AvgIpc) is 3.67. The summed E-state index contributed by atoms with van der Waals surface area (Å²) in [5.74, 6) is 0.770. The highest BCUT2D eigenvalue weighted by Crippen LogP contribution is 2.35. The van der Waals surface area contributed by atoms with Crippen molar-refractivity contribution in [2.75, 3.05) is 31.1 Å². The largest absolute Gasteiger partial charge is 0.374 e. The molecule has 0 bridgehead atoms. The fraction of sp³-hybridized carbons (Fsp3) is 0.320. The van der Waals surface area contributed by atoms with Gasteiger partial charge in [-0.1, -0.05) is 36.4 Å². The van der Waals surface area contributed by atoms with Crippen LogP contribution in [0, 0.1) is 0 Å². The van der Waals surface area contributed by atoms with Crippen molar-refractivity contribution in [1.82, 2.24) is 20.2 Å². The molecule has 1 aromatic heterocycles. The van der Waals surface area contributed by atoms with Crippen LogP contribution in [0.4, 0.5) is 5.82 Å². The smallest absolute Gasteiger partial charge is 0.246 e. The summed E-state index contributed by atoms with van der Waals surface area (Å²) >= 11 is 6.74. The van der Waals surface area contributed by atoms with Gasteiger partial charge in [-0.15, -0.1) is 0 Å². The lowest BCUT2D eigenvalue weighted by atomic mass is 10.0. The summed E-state index contributed by atoms with van der Waals surface area (Å²) in [6.07, 6.45) is 4.44. The van der Waals surface area contributed by atoms with Crippen LogP contribution >= 0.6 is 11.6 Å². The summed E-state index contributed by atoms with van der Waals surface area (Å²) in [4.78, 5) is 24.9. The minimum atomic E-state index is -0.697. The Morgan fingerprint density at radius 2 is 1.97 bits per heavy atom. The second-order valence-corrected chi connectivity index (χ2v) is 8.94. The lowest BCUT2D eigenvalue weighted by molar-refractivity contribution is -0.126. The number of nitrogens with zero attached hydrogens (tertiary/aromatic N) is 4. The van der Waals surface area contributed by atoms with Gasteiger partial charge in [-0.25, -0.2) is 9.97 Å². The van der Waals surface area contributed by atoms with Crippen LogP contribution in [0.1, 0.15) is 24.6 Å². The Morgan fingerprint density at radius 3 is 2.70 bits per heavy atom. The van der Waals surface area contributed by atoms with Crippen LogP contribution in [0.2, 0.25) is 5.02 Å². The van der Waals surface area contributed by atoms with Crippen LogP contribution < -0.4 is 10.2 Å². The Bertz CT molecular complexity index is 1200. The summed E-state index contributed by atoms with van der Waals surface area (Å²) in [6, 6.07) is 12.1. The summed E-state index contributed by atoms with van der Waals surface area (Å²) in [5.41, 5.74) is 3.39. The number of benzene rings is 2. The first-order valence-corrected chi connectivity index (χ1v) is 11.6. The first-order valence-electron chi connectivity index (χ1n) is 11.2. The van der Waals surface area contributed by atoms with E-state index in [2.05, 4.69) is 26.8 Å². The third-order valence-corrected chi connectivity index (χ3v) is 6.57. The molecular formula is C25H26ClN5O2. The molecule has 170 valence electrons. The molecule has 2 aromatic carbocycles. The molecule has 7 nitrogen and oxygen atoms in total. The third kappa shape index (κ3) is 4.57. The number of amides is 1. The van der Waals surface area contributed by atoms with Gasteiger partial charge in [-0.3, -0.25) is 10.1 Å². The van der Waals surface area contributed by atoms with Crippen molar-refractivity contribution in [3.05, 3.63) is 66.0 Å². The highest BCUT2D eigenvalue weighted by atomic mass is 35.5. The normalized spacial score (nSPS) is 17.3. The summed E-state index contributed by atoms with van der Waals surface area (Å²) in [7, 11) is 0. The monoisotopic (exact) mass is 463 g/mol. The molecule has 2 fully saturated rings. The van der Waals surface area contributed by atoms with Gasteiger partial charge in [0.05, 0.1) is 5.52 Å². The molecule has 3 aromatic rings. The second kappa shape index (κ2) is 9.09. The third-order valence-electron chi connectivity index (χ3n) is 6.25. The average molecular weight is 464 g/mol. The van der Waals surface area contributed by atoms with E-state index in [1.165, 1.54) is 6.08 Å². The summed E-state index contributed by atoms with van der Waals surface area (Å²) < 4.78 is 0. The lowest BCUT2D eigenvalue weighted by Crippen LogP contribution is -2.48. The van der Waals surface area contributed by atoms with E-state index >= 15 is 0 Å². The van der Waals surface area contributed by atoms with E-state index < -0.39 is 6.23 Å². The van der Waals surface area contributed by atoms with Gasteiger partial charge in [-0.05, 0) is 48.2 Å². The lowest BCUT2D eigenvalue weighted by Gasteiger charge is -2.35. The predicted octanol–water partition coefficient (Wildman–Crippen LogP) is 3.53. The van der Waals surface area contributed by atoms with E-state index in [0.717, 1.165) is 46.3 Å². The summed E-state index contributed by atoms with van der Waals surface area (Å²) in [5, 5.41) is 15.2. The van der Waals surface area contributed by atoms with Gasteiger partial charge < -0.3 is 14.9 Å². The molecule has 33 heavy (non-hydrogen) atoms. The van der Waals surface area contributed by atoms with Crippen molar-refractivity contribution < 1.29 is 9.90 Å². The SMILES string of the molecule is C=CC(=O)N1CCN(c2ncnc3cc(-c4cccc(C(O)NC5CC5)c4)c(Cl)cc23)CC1. The Hall–Kier alpha value is -3.00. The molecule has 2 aliphatic rings. The molecule has 1 atom stereocenters. The first kappa shape index (κ1) is 21.8. The van der Waals surface area contributed by atoms with Gasteiger partial charge in [-0.2, -0.15) is 0 Å². The van der Waals surface area contributed by atoms with Crippen molar-refractivity contribution in [2.45, 2.75) is 25.1 Å². The van der Waals surface area contributed by atoms with Gasteiger partial charge in [0.1, 0.15) is 18.4 Å². The van der Waals surface area contributed by atoms with E-state index in [-0.39, 0.29) is 5.91 Å². The summed E-state index contributed by atoms with van der Waals surface area (Å²) in [6.45, 7) is 6.16. The van der Waals surface area contributed by atoms with E-state index in [1.54, 1.807) is 11.2 Å². The molecule has 1 aliphatic carbocycles. The molecule has 0 radical (unpaired) electrons. The number of carbonyl (C=O) groups excluding carboxylic acids is 1. The number of halogens is 1. The maximum atomic E-state index is 11.9. The number of aromatic nitrogens is 2. The molecule has 1 aliphatic heterocycles. The van der Waals surface area contributed by atoms with Gasteiger partial charge >= 0.3 is 0 Å². The fourth-order valence-electron chi connectivity index (χ4n) is 4.25. The highest BCUT2D eigenvalue weighted by Gasteiger charge is 2.25. The molecular weight excluding hydrogens is 438 g/mol. The second-order valence-electron chi connectivity index (χ2n) is 8.53. The number of rotatable bonds is 6.